The number of nitrogens with zero attached hydrogens (tertiary/aromatic N) is 3. The predicted molar refractivity (Wildman–Crippen MR) is 81.9 cm³/mol. The molecule has 1 N–H and O–H groups in total. The highest BCUT2D eigenvalue weighted by Crippen LogP contribution is 2.19. The first-order chi connectivity index (χ1) is 9.78. The first-order valence-electron chi connectivity index (χ1n) is 8.28. The van der Waals surface area contributed by atoms with E-state index in [1.165, 1.54) is 49.7 Å². The van der Waals surface area contributed by atoms with Crippen molar-refractivity contribution in [3.63, 3.8) is 0 Å². The van der Waals surface area contributed by atoms with Crippen LogP contribution in [0.25, 0.3) is 0 Å². The van der Waals surface area contributed by atoms with Gasteiger partial charge >= 0.3 is 0 Å². The molecule has 20 heavy (non-hydrogen) atoms. The van der Waals surface area contributed by atoms with E-state index in [4.69, 9.17) is 4.98 Å². The van der Waals surface area contributed by atoms with Crippen molar-refractivity contribution in [2.75, 3.05) is 26.2 Å². The summed E-state index contributed by atoms with van der Waals surface area (Å²) in [6.45, 7) is 11.7. The maximum Gasteiger partial charge on any atom is 0.108 e. The number of hydrogen-bond donors (Lipinski definition) is 1. The Morgan fingerprint density at radius 2 is 2.05 bits per heavy atom. The minimum absolute atomic E-state index is 0.714. The normalized spacial score (nSPS) is 21.1. The van der Waals surface area contributed by atoms with E-state index in [-0.39, 0.29) is 0 Å². The molecule has 3 heterocycles. The molecule has 4 heteroatoms. The second-order valence-corrected chi connectivity index (χ2v) is 6.43. The largest absolute Gasteiger partial charge is 0.331 e. The van der Waals surface area contributed by atoms with Crippen molar-refractivity contribution in [3.8, 4) is 0 Å². The first-order valence-corrected chi connectivity index (χ1v) is 8.28. The van der Waals surface area contributed by atoms with Crippen molar-refractivity contribution < 1.29 is 0 Å². The average Bonchev–Trinajstić information content (AvgIpc) is 3.07. The topological polar surface area (TPSA) is 33.1 Å². The van der Waals surface area contributed by atoms with Crippen LogP contribution in [-0.4, -0.2) is 40.6 Å². The third-order valence-electron chi connectivity index (χ3n) is 4.64. The van der Waals surface area contributed by atoms with E-state index >= 15 is 0 Å². The number of nitrogens with one attached hydrogen (secondary N) is 1. The molecule has 112 valence electrons. The van der Waals surface area contributed by atoms with Gasteiger partial charge in [-0.2, -0.15) is 0 Å². The number of hydrogen-bond acceptors (Lipinski definition) is 3. The zero-order valence-corrected chi connectivity index (χ0v) is 13.0. The Morgan fingerprint density at radius 1 is 1.25 bits per heavy atom. The van der Waals surface area contributed by atoms with Gasteiger partial charge in [-0.15, -0.1) is 0 Å². The van der Waals surface area contributed by atoms with Crippen LogP contribution in [-0.2, 0) is 25.9 Å². The molecule has 2 aliphatic heterocycles. The summed E-state index contributed by atoms with van der Waals surface area (Å²) in [4.78, 5) is 7.47. The summed E-state index contributed by atoms with van der Waals surface area (Å²) < 4.78 is 2.52. The summed E-state index contributed by atoms with van der Waals surface area (Å²) in [6.07, 6.45) is 4.96. The quantitative estimate of drug-likeness (QED) is 0.890. The van der Waals surface area contributed by atoms with Gasteiger partial charge in [0.25, 0.3) is 0 Å². The van der Waals surface area contributed by atoms with E-state index in [9.17, 15) is 0 Å². The van der Waals surface area contributed by atoms with E-state index in [1.807, 2.05) is 0 Å². The Kier molecular flexibility index (Phi) is 4.41. The molecule has 2 aliphatic rings. The lowest BCUT2D eigenvalue weighted by Crippen LogP contribution is -2.29. The van der Waals surface area contributed by atoms with Gasteiger partial charge in [0.2, 0.25) is 0 Å². The summed E-state index contributed by atoms with van der Waals surface area (Å²) in [5.74, 6) is 2.00. The van der Waals surface area contributed by atoms with Crippen LogP contribution in [0.4, 0.5) is 0 Å². The minimum Gasteiger partial charge on any atom is -0.331 e. The molecule has 3 rings (SSSR count). The van der Waals surface area contributed by atoms with E-state index in [0.29, 0.717) is 5.92 Å². The maximum atomic E-state index is 4.84. The van der Waals surface area contributed by atoms with E-state index < -0.39 is 0 Å². The summed E-state index contributed by atoms with van der Waals surface area (Å²) in [5.41, 5.74) is 2.79. The number of fused-ring (bicyclic) bond motifs is 1. The Bertz CT molecular complexity index is 446. The fourth-order valence-corrected chi connectivity index (χ4v) is 3.69. The predicted octanol–water partition coefficient (Wildman–Crippen LogP) is 1.82. The summed E-state index contributed by atoms with van der Waals surface area (Å²) >= 11 is 0. The van der Waals surface area contributed by atoms with E-state index in [0.717, 1.165) is 32.5 Å². The zero-order valence-electron chi connectivity index (χ0n) is 13.0. The van der Waals surface area contributed by atoms with Gasteiger partial charge in [0.05, 0.1) is 5.69 Å². The molecule has 1 atom stereocenters. The lowest BCUT2D eigenvalue weighted by Gasteiger charge is -2.23. The number of aryl methyl sites for hydroxylation is 1. The van der Waals surface area contributed by atoms with Gasteiger partial charge in [-0.25, -0.2) is 4.98 Å². The monoisotopic (exact) mass is 276 g/mol. The molecule has 4 nitrogen and oxygen atoms in total. The van der Waals surface area contributed by atoms with Gasteiger partial charge in [-0.3, -0.25) is 0 Å². The fraction of sp³-hybridized carbons (Fsp3) is 0.812. The second-order valence-electron chi connectivity index (χ2n) is 6.43. The number of aromatic nitrogens is 2. The number of rotatable bonds is 5. The third kappa shape index (κ3) is 2.91. The molecular formula is C16H28N4. The third-order valence-corrected chi connectivity index (χ3v) is 4.64. The van der Waals surface area contributed by atoms with Crippen LogP contribution in [0.5, 0.6) is 0 Å². The van der Waals surface area contributed by atoms with Crippen LogP contribution < -0.4 is 5.32 Å². The van der Waals surface area contributed by atoms with Crippen LogP contribution >= 0.6 is 0 Å². The molecule has 0 amide bonds. The standard InChI is InChI=1S/C16H28N4/c1-3-16-18-14-10-17-7-6-15(14)20(16)12-13(2)11-19-8-4-5-9-19/h13,17H,3-12H2,1-2H3. The Morgan fingerprint density at radius 3 is 2.80 bits per heavy atom. The van der Waals surface area contributed by atoms with Crippen molar-refractivity contribution in [2.45, 2.75) is 52.6 Å². The van der Waals surface area contributed by atoms with Crippen molar-refractivity contribution in [3.05, 3.63) is 17.2 Å². The van der Waals surface area contributed by atoms with Gasteiger partial charge < -0.3 is 14.8 Å². The van der Waals surface area contributed by atoms with Crippen molar-refractivity contribution in [2.24, 2.45) is 5.92 Å². The Hall–Kier alpha value is -0.870. The molecule has 0 radical (unpaired) electrons. The first kappa shape index (κ1) is 14.1. The maximum absolute atomic E-state index is 4.84. The van der Waals surface area contributed by atoms with Crippen LogP contribution in [0.3, 0.4) is 0 Å². The second kappa shape index (κ2) is 6.27. The van der Waals surface area contributed by atoms with Crippen molar-refractivity contribution in [1.82, 2.24) is 19.8 Å². The van der Waals surface area contributed by atoms with Gasteiger partial charge in [-0.1, -0.05) is 13.8 Å². The Balaban J connectivity index is 1.70. The lowest BCUT2D eigenvalue weighted by molar-refractivity contribution is 0.269. The molecule has 1 aromatic heterocycles. The molecule has 1 unspecified atom stereocenters. The molecule has 0 spiro atoms. The van der Waals surface area contributed by atoms with Crippen LogP contribution in [0.1, 0.15) is 43.9 Å². The van der Waals surface area contributed by atoms with Gasteiger partial charge in [0, 0.05) is 44.7 Å². The summed E-state index contributed by atoms with van der Waals surface area (Å²) in [5, 5.41) is 3.43. The van der Waals surface area contributed by atoms with Gasteiger partial charge in [0.15, 0.2) is 0 Å². The van der Waals surface area contributed by atoms with Crippen molar-refractivity contribution in [1.29, 1.82) is 0 Å². The summed E-state index contributed by atoms with van der Waals surface area (Å²) in [6, 6.07) is 0. The Labute approximate surface area is 122 Å². The SMILES string of the molecule is CCc1nc2c(n1CC(C)CN1CCCC1)CCNC2. The summed E-state index contributed by atoms with van der Waals surface area (Å²) in [7, 11) is 0. The molecular weight excluding hydrogens is 248 g/mol. The molecule has 1 aromatic rings. The van der Waals surface area contributed by atoms with Gasteiger partial charge in [-0.05, 0) is 31.8 Å². The zero-order chi connectivity index (χ0) is 13.9. The number of likely N-dealkylation sites (tertiary alicyclic amines) is 1. The number of imidazole rings is 1. The van der Waals surface area contributed by atoms with Gasteiger partial charge in [0.1, 0.15) is 5.82 Å². The highest BCUT2D eigenvalue weighted by molar-refractivity contribution is 5.20. The molecule has 1 fully saturated rings. The molecule has 0 bridgehead atoms. The van der Waals surface area contributed by atoms with E-state index in [1.54, 1.807) is 0 Å². The fourth-order valence-electron chi connectivity index (χ4n) is 3.69. The highest BCUT2D eigenvalue weighted by Gasteiger charge is 2.21. The van der Waals surface area contributed by atoms with Crippen LogP contribution in [0.15, 0.2) is 0 Å². The van der Waals surface area contributed by atoms with Crippen LogP contribution in [0, 0.1) is 5.92 Å². The molecule has 0 saturated carbocycles. The van der Waals surface area contributed by atoms with Crippen molar-refractivity contribution >= 4 is 0 Å². The average molecular weight is 276 g/mol. The molecule has 1 saturated heterocycles. The minimum atomic E-state index is 0.714. The lowest BCUT2D eigenvalue weighted by atomic mass is 10.1. The molecule has 0 aromatic carbocycles. The smallest absolute Gasteiger partial charge is 0.108 e. The van der Waals surface area contributed by atoms with E-state index in [2.05, 4.69) is 28.6 Å². The molecule has 0 aliphatic carbocycles. The van der Waals surface area contributed by atoms with Crippen LogP contribution in [0.2, 0.25) is 0 Å². The highest BCUT2D eigenvalue weighted by atomic mass is 15.2.